The van der Waals surface area contributed by atoms with E-state index >= 15 is 0 Å². The molecule has 21 heavy (non-hydrogen) atoms. The Hall–Kier alpha value is -1.65. The fourth-order valence-electron chi connectivity index (χ4n) is 2.58. The number of aryl methyl sites for hydroxylation is 1. The number of imidazole rings is 1. The van der Waals surface area contributed by atoms with Crippen molar-refractivity contribution in [3.63, 3.8) is 0 Å². The van der Waals surface area contributed by atoms with E-state index in [-0.39, 0.29) is 0 Å². The molecule has 0 saturated heterocycles. The van der Waals surface area contributed by atoms with Crippen LogP contribution >= 0.6 is 15.9 Å². The molecule has 3 rings (SSSR count). The summed E-state index contributed by atoms with van der Waals surface area (Å²) >= 11 is 3.54. The van der Waals surface area contributed by atoms with Gasteiger partial charge in [0.05, 0.1) is 11.4 Å². The van der Waals surface area contributed by atoms with Gasteiger partial charge in [0, 0.05) is 22.7 Å². The van der Waals surface area contributed by atoms with Crippen molar-refractivity contribution in [2.24, 2.45) is 5.73 Å². The first kappa shape index (κ1) is 14.3. The lowest BCUT2D eigenvalue weighted by atomic mass is 10.1. The van der Waals surface area contributed by atoms with Crippen molar-refractivity contribution in [3.05, 3.63) is 58.3 Å². The van der Waals surface area contributed by atoms with E-state index in [1.165, 1.54) is 11.1 Å². The van der Waals surface area contributed by atoms with Gasteiger partial charge in [0.2, 0.25) is 0 Å². The third-order valence-electron chi connectivity index (χ3n) is 3.67. The molecule has 1 aromatic carbocycles. The first-order valence-corrected chi connectivity index (χ1v) is 7.98. The van der Waals surface area contributed by atoms with Crippen molar-refractivity contribution in [1.82, 2.24) is 9.38 Å². The maximum atomic E-state index is 5.75. The number of nitrogens with two attached hydrogens (primary N) is 1. The third kappa shape index (κ3) is 2.74. The van der Waals surface area contributed by atoms with Crippen LogP contribution in [0.3, 0.4) is 0 Å². The topological polar surface area (TPSA) is 43.3 Å². The van der Waals surface area contributed by atoms with Gasteiger partial charge in [0.25, 0.3) is 0 Å². The molecule has 0 saturated carbocycles. The van der Waals surface area contributed by atoms with Gasteiger partial charge in [-0.25, -0.2) is 4.98 Å². The largest absolute Gasteiger partial charge is 0.330 e. The molecule has 3 aromatic rings. The average molecular weight is 344 g/mol. The predicted octanol–water partition coefficient (Wildman–Crippen LogP) is 3.83. The second-order valence-electron chi connectivity index (χ2n) is 5.07. The quantitative estimate of drug-likeness (QED) is 0.782. The summed E-state index contributed by atoms with van der Waals surface area (Å²) in [7, 11) is 0. The second-order valence-corrected chi connectivity index (χ2v) is 5.99. The predicted molar refractivity (Wildman–Crippen MR) is 90.5 cm³/mol. The summed E-state index contributed by atoms with van der Waals surface area (Å²) in [6.07, 6.45) is 3.89. The fraction of sp³-hybridized carbons (Fsp3) is 0.235. The molecular weight excluding hydrogens is 326 g/mol. The molecule has 108 valence electrons. The van der Waals surface area contributed by atoms with E-state index in [9.17, 15) is 0 Å². The molecule has 4 heteroatoms. The highest BCUT2D eigenvalue weighted by atomic mass is 79.9. The van der Waals surface area contributed by atoms with E-state index in [1.807, 2.05) is 12.1 Å². The molecule has 0 unspecified atom stereocenters. The average Bonchev–Trinajstić information content (AvgIpc) is 2.85. The standard InChI is InChI=1S/C17H18BrN3/c1-2-12-3-5-13(6-4-12)17-15(9-10-19)20-16-8-7-14(18)11-21(16)17/h3-8,11H,2,9-10,19H2,1H3. The van der Waals surface area contributed by atoms with Crippen molar-refractivity contribution >= 4 is 21.6 Å². The zero-order chi connectivity index (χ0) is 14.8. The molecule has 0 fully saturated rings. The Morgan fingerprint density at radius 2 is 1.90 bits per heavy atom. The van der Waals surface area contributed by atoms with Crippen LogP contribution in [0.2, 0.25) is 0 Å². The van der Waals surface area contributed by atoms with Crippen molar-refractivity contribution in [3.8, 4) is 11.3 Å². The monoisotopic (exact) mass is 343 g/mol. The molecule has 2 aromatic heterocycles. The summed E-state index contributed by atoms with van der Waals surface area (Å²) < 4.78 is 3.17. The summed E-state index contributed by atoms with van der Waals surface area (Å²) in [5, 5.41) is 0. The Labute approximate surface area is 132 Å². The number of pyridine rings is 1. The molecule has 0 aliphatic rings. The highest BCUT2D eigenvalue weighted by Gasteiger charge is 2.13. The van der Waals surface area contributed by atoms with E-state index < -0.39 is 0 Å². The van der Waals surface area contributed by atoms with Crippen LogP contribution in [0.4, 0.5) is 0 Å². The minimum Gasteiger partial charge on any atom is -0.330 e. The molecule has 2 N–H and O–H groups in total. The molecule has 0 atom stereocenters. The lowest BCUT2D eigenvalue weighted by Crippen LogP contribution is -2.04. The third-order valence-corrected chi connectivity index (χ3v) is 4.14. The van der Waals surface area contributed by atoms with Crippen LogP contribution in [0.1, 0.15) is 18.2 Å². The van der Waals surface area contributed by atoms with Crippen LogP contribution in [0.25, 0.3) is 16.9 Å². The van der Waals surface area contributed by atoms with Gasteiger partial charge < -0.3 is 5.73 Å². The van der Waals surface area contributed by atoms with Gasteiger partial charge in [0.1, 0.15) is 5.65 Å². The molecule has 3 nitrogen and oxygen atoms in total. The van der Waals surface area contributed by atoms with Gasteiger partial charge in [-0.1, -0.05) is 31.2 Å². The molecule has 2 heterocycles. The maximum Gasteiger partial charge on any atom is 0.137 e. The van der Waals surface area contributed by atoms with Gasteiger partial charge >= 0.3 is 0 Å². The van der Waals surface area contributed by atoms with Crippen LogP contribution in [0.15, 0.2) is 47.1 Å². The van der Waals surface area contributed by atoms with Crippen molar-refractivity contribution < 1.29 is 0 Å². The molecular formula is C17H18BrN3. The highest BCUT2D eigenvalue weighted by Crippen LogP contribution is 2.27. The maximum absolute atomic E-state index is 5.75. The number of hydrogen-bond donors (Lipinski definition) is 1. The van der Waals surface area contributed by atoms with E-state index in [2.05, 4.69) is 57.7 Å². The zero-order valence-corrected chi connectivity index (χ0v) is 13.6. The van der Waals surface area contributed by atoms with Crippen molar-refractivity contribution in [2.45, 2.75) is 19.8 Å². The van der Waals surface area contributed by atoms with Gasteiger partial charge in [0.15, 0.2) is 0 Å². The molecule has 0 amide bonds. The van der Waals surface area contributed by atoms with Gasteiger partial charge in [-0.15, -0.1) is 0 Å². The summed E-state index contributed by atoms with van der Waals surface area (Å²) in [5.41, 5.74) is 11.4. The van der Waals surface area contributed by atoms with Crippen molar-refractivity contribution in [2.75, 3.05) is 6.54 Å². The van der Waals surface area contributed by atoms with E-state index in [4.69, 9.17) is 10.7 Å². The van der Waals surface area contributed by atoms with Crippen LogP contribution in [0, 0.1) is 0 Å². The van der Waals surface area contributed by atoms with Crippen LogP contribution < -0.4 is 5.73 Å². The van der Waals surface area contributed by atoms with E-state index in [0.717, 1.165) is 34.3 Å². The summed E-state index contributed by atoms with van der Waals surface area (Å²) in [6, 6.07) is 12.7. The molecule has 0 aliphatic heterocycles. The molecule has 0 spiro atoms. The fourth-order valence-corrected chi connectivity index (χ4v) is 2.92. The smallest absolute Gasteiger partial charge is 0.137 e. The Balaban J connectivity index is 2.21. The number of fused-ring (bicyclic) bond motifs is 1. The van der Waals surface area contributed by atoms with Crippen LogP contribution in [-0.4, -0.2) is 15.9 Å². The van der Waals surface area contributed by atoms with E-state index in [1.54, 1.807) is 0 Å². The SMILES string of the molecule is CCc1ccc(-c2c(CCN)nc3ccc(Br)cn23)cc1. The summed E-state index contributed by atoms with van der Waals surface area (Å²) in [5.74, 6) is 0. The normalized spacial score (nSPS) is 11.2. The lowest BCUT2D eigenvalue weighted by molar-refractivity contribution is 0.939. The highest BCUT2D eigenvalue weighted by molar-refractivity contribution is 9.10. The number of nitrogens with zero attached hydrogens (tertiary/aromatic N) is 2. The lowest BCUT2D eigenvalue weighted by Gasteiger charge is -2.06. The first-order valence-electron chi connectivity index (χ1n) is 7.18. The van der Waals surface area contributed by atoms with Crippen molar-refractivity contribution in [1.29, 1.82) is 0 Å². The summed E-state index contributed by atoms with van der Waals surface area (Å²) in [6.45, 7) is 2.77. The summed E-state index contributed by atoms with van der Waals surface area (Å²) in [4.78, 5) is 4.72. The minimum absolute atomic E-state index is 0.602. The first-order chi connectivity index (χ1) is 10.2. The van der Waals surface area contributed by atoms with Crippen LogP contribution in [-0.2, 0) is 12.8 Å². The Morgan fingerprint density at radius 1 is 1.14 bits per heavy atom. The Morgan fingerprint density at radius 3 is 2.57 bits per heavy atom. The van der Waals surface area contributed by atoms with Gasteiger partial charge in [-0.2, -0.15) is 0 Å². The minimum atomic E-state index is 0.602. The second kappa shape index (κ2) is 6.00. The molecule has 0 bridgehead atoms. The molecule has 0 radical (unpaired) electrons. The van der Waals surface area contributed by atoms with Gasteiger partial charge in [-0.05, 0) is 46.6 Å². The van der Waals surface area contributed by atoms with E-state index in [0.29, 0.717) is 6.54 Å². The van der Waals surface area contributed by atoms with Crippen LogP contribution in [0.5, 0.6) is 0 Å². The molecule has 0 aliphatic carbocycles. The number of rotatable bonds is 4. The Kier molecular flexibility index (Phi) is 4.08. The number of hydrogen-bond acceptors (Lipinski definition) is 2. The number of aromatic nitrogens is 2. The number of benzene rings is 1. The van der Waals surface area contributed by atoms with Gasteiger partial charge in [-0.3, -0.25) is 4.40 Å². The Bertz CT molecular complexity index is 760. The number of halogens is 1. The zero-order valence-electron chi connectivity index (χ0n) is 12.0.